The summed E-state index contributed by atoms with van der Waals surface area (Å²) in [5.41, 5.74) is 2.96. The van der Waals surface area contributed by atoms with Gasteiger partial charge in [0.25, 0.3) is 0 Å². The molecule has 0 fully saturated rings. The zero-order chi connectivity index (χ0) is 14.2. The molecule has 0 spiro atoms. The molecule has 0 aliphatic carbocycles. The second-order valence-corrected chi connectivity index (χ2v) is 5.68. The molecule has 1 nitrogen and oxygen atoms in total. The van der Waals surface area contributed by atoms with Crippen LogP contribution < -0.4 is 0 Å². The zero-order valence-electron chi connectivity index (χ0n) is 10.4. The van der Waals surface area contributed by atoms with Crippen molar-refractivity contribution in [2.75, 3.05) is 0 Å². The van der Waals surface area contributed by atoms with Crippen molar-refractivity contribution in [2.45, 2.75) is 13.8 Å². The Bertz CT molecular complexity index is 642. The third kappa shape index (κ3) is 3.11. The largest absolute Gasteiger partial charge is 0.289 e. The van der Waals surface area contributed by atoms with Gasteiger partial charge in [0, 0.05) is 21.2 Å². The number of aryl methyl sites for hydroxylation is 2. The number of halogens is 3. The molecular formula is C15H11Cl3O. The molecule has 0 N–H and O–H groups in total. The first-order valence-corrected chi connectivity index (χ1v) is 6.79. The van der Waals surface area contributed by atoms with Gasteiger partial charge in [-0.05, 0) is 55.3 Å². The van der Waals surface area contributed by atoms with Crippen LogP contribution in [0.15, 0.2) is 30.3 Å². The fourth-order valence-electron chi connectivity index (χ4n) is 1.80. The summed E-state index contributed by atoms with van der Waals surface area (Å²) in [4.78, 5) is 12.4. The van der Waals surface area contributed by atoms with Gasteiger partial charge in [0.05, 0.1) is 5.02 Å². The van der Waals surface area contributed by atoms with E-state index >= 15 is 0 Å². The maximum atomic E-state index is 12.4. The Kier molecular flexibility index (Phi) is 4.19. The molecule has 0 heterocycles. The fourth-order valence-corrected chi connectivity index (χ4v) is 2.63. The summed E-state index contributed by atoms with van der Waals surface area (Å²) in [5, 5.41) is 1.29. The molecular weight excluding hydrogens is 303 g/mol. The molecule has 4 heteroatoms. The smallest absolute Gasteiger partial charge is 0.194 e. The highest BCUT2D eigenvalue weighted by atomic mass is 35.5. The Morgan fingerprint density at radius 3 is 1.95 bits per heavy atom. The minimum absolute atomic E-state index is 0.183. The van der Waals surface area contributed by atoms with Gasteiger partial charge in [0.15, 0.2) is 5.78 Å². The van der Waals surface area contributed by atoms with E-state index in [0.717, 1.165) is 11.1 Å². The molecule has 0 atom stereocenters. The van der Waals surface area contributed by atoms with Crippen LogP contribution in [0.1, 0.15) is 27.0 Å². The molecule has 0 bridgehead atoms. The van der Waals surface area contributed by atoms with E-state index in [4.69, 9.17) is 34.8 Å². The average Bonchev–Trinajstić information content (AvgIpc) is 2.31. The van der Waals surface area contributed by atoms with Crippen molar-refractivity contribution in [3.63, 3.8) is 0 Å². The maximum Gasteiger partial charge on any atom is 0.194 e. The molecule has 2 rings (SSSR count). The summed E-state index contributed by atoms with van der Waals surface area (Å²) < 4.78 is 0. The first kappa shape index (κ1) is 14.4. The summed E-state index contributed by atoms with van der Waals surface area (Å²) in [5.74, 6) is -0.183. The van der Waals surface area contributed by atoms with Crippen LogP contribution in [0.3, 0.4) is 0 Å². The van der Waals surface area contributed by atoms with Crippen LogP contribution in [0.25, 0.3) is 0 Å². The molecule has 19 heavy (non-hydrogen) atoms. The molecule has 0 saturated heterocycles. The van der Waals surface area contributed by atoms with Gasteiger partial charge in [-0.1, -0.05) is 34.8 Å². The Morgan fingerprint density at radius 2 is 1.37 bits per heavy atom. The van der Waals surface area contributed by atoms with Crippen molar-refractivity contribution in [2.24, 2.45) is 0 Å². The van der Waals surface area contributed by atoms with Gasteiger partial charge in [-0.2, -0.15) is 0 Å². The van der Waals surface area contributed by atoms with E-state index in [0.29, 0.717) is 26.2 Å². The molecule has 0 aliphatic rings. The third-order valence-electron chi connectivity index (χ3n) is 2.95. The molecule has 2 aromatic rings. The number of carbonyl (C=O) groups excluding carboxylic acids is 1. The zero-order valence-corrected chi connectivity index (χ0v) is 12.7. The van der Waals surface area contributed by atoms with Crippen molar-refractivity contribution < 1.29 is 4.79 Å². The molecule has 98 valence electrons. The van der Waals surface area contributed by atoms with Gasteiger partial charge in [-0.25, -0.2) is 0 Å². The van der Waals surface area contributed by atoms with Gasteiger partial charge in [-0.15, -0.1) is 0 Å². The second kappa shape index (κ2) is 5.54. The van der Waals surface area contributed by atoms with Crippen LogP contribution in [0, 0.1) is 13.8 Å². The van der Waals surface area contributed by atoms with Crippen LogP contribution in [-0.4, -0.2) is 5.78 Å². The predicted molar refractivity (Wildman–Crippen MR) is 80.8 cm³/mol. The normalized spacial score (nSPS) is 10.6. The molecule has 0 aromatic heterocycles. The highest BCUT2D eigenvalue weighted by Gasteiger charge is 2.15. The standard InChI is InChI=1S/C15H11Cl3O/c1-8-3-13(14(18)4-9(8)2)15(19)10-5-11(16)7-12(17)6-10/h3-7H,1-2H3. The van der Waals surface area contributed by atoms with Crippen LogP contribution in [0.2, 0.25) is 15.1 Å². The van der Waals surface area contributed by atoms with Crippen molar-refractivity contribution in [1.29, 1.82) is 0 Å². The lowest BCUT2D eigenvalue weighted by atomic mass is 9.99. The lowest BCUT2D eigenvalue weighted by Gasteiger charge is -2.08. The van der Waals surface area contributed by atoms with Gasteiger partial charge in [-0.3, -0.25) is 4.79 Å². The lowest BCUT2D eigenvalue weighted by Crippen LogP contribution is -2.03. The minimum atomic E-state index is -0.183. The number of ketones is 1. The summed E-state index contributed by atoms with van der Waals surface area (Å²) in [6, 6.07) is 8.33. The summed E-state index contributed by atoms with van der Waals surface area (Å²) >= 11 is 18.0. The Hall–Kier alpha value is -1.02. The van der Waals surface area contributed by atoms with E-state index in [-0.39, 0.29) is 5.78 Å². The van der Waals surface area contributed by atoms with Crippen LogP contribution in [0.4, 0.5) is 0 Å². The minimum Gasteiger partial charge on any atom is -0.289 e. The Morgan fingerprint density at radius 1 is 0.842 bits per heavy atom. The SMILES string of the molecule is Cc1cc(Cl)c(C(=O)c2cc(Cl)cc(Cl)c2)cc1C. The number of hydrogen-bond donors (Lipinski definition) is 0. The first-order chi connectivity index (χ1) is 8.88. The van der Waals surface area contributed by atoms with Gasteiger partial charge in [0.2, 0.25) is 0 Å². The molecule has 0 aliphatic heterocycles. The highest BCUT2D eigenvalue weighted by molar-refractivity contribution is 6.37. The van der Waals surface area contributed by atoms with Crippen LogP contribution in [-0.2, 0) is 0 Å². The second-order valence-electron chi connectivity index (χ2n) is 4.40. The Balaban J connectivity index is 2.53. The van der Waals surface area contributed by atoms with Crippen molar-refractivity contribution >= 4 is 40.6 Å². The van der Waals surface area contributed by atoms with E-state index in [2.05, 4.69) is 0 Å². The van der Waals surface area contributed by atoms with Crippen molar-refractivity contribution in [3.05, 3.63) is 67.7 Å². The molecule has 0 amide bonds. The van der Waals surface area contributed by atoms with Crippen LogP contribution in [0.5, 0.6) is 0 Å². The van der Waals surface area contributed by atoms with Gasteiger partial charge < -0.3 is 0 Å². The van der Waals surface area contributed by atoms with Gasteiger partial charge >= 0.3 is 0 Å². The number of benzene rings is 2. The molecule has 0 radical (unpaired) electrons. The third-order valence-corrected chi connectivity index (χ3v) is 3.70. The molecule has 0 unspecified atom stereocenters. The summed E-state index contributed by atoms with van der Waals surface area (Å²) in [6.45, 7) is 3.89. The molecule has 2 aromatic carbocycles. The number of hydrogen-bond acceptors (Lipinski definition) is 1. The predicted octanol–water partition coefficient (Wildman–Crippen LogP) is 5.49. The van der Waals surface area contributed by atoms with Crippen LogP contribution >= 0.6 is 34.8 Å². The van der Waals surface area contributed by atoms with E-state index in [1.165, 1.54) is 0 Å². The number of carbonyl (C=O) groups is 1. The molecule has 0 saturated carbocycles. The maximum absolute atomic E-state index is 12.4. The van der Waals surface area contributed by atoms with E-state index in [1.54, 1.807) is 30.3 Å². The quantitative estimate of drug-likeness (QED) is 0.670. The summed E-state index contributed by atoms with van der Waals surface area (Å²) in [6.07, 6.45) is 0. The number of rotatable bonds is 2. The summed E-state index contributed by atoms with van der Waals surface area (Å²) in [7, 11) is 0. The Labute approximate surface area is 127 Å². The lowest BCUT2D eigenvalue weighted by molar-refractivity contribution is 0.103. The fraction of sp³-hybridized carbons (Fsp3) is 0.133. The van der Waals surface area contributed by atoms with E-state index in [1.807, 2.05) is 13.8 Å². The topological polar surface area (TPSA) is 17.1 Å². The monoisotopic (exact) mass is 312 g/mol. The van der Waals surface area contributed by atoms with Gasteiger partial charge in [0.1, 0.15) is 0 Å². The van der Waals surface area contributed by atoms with E-state index < -0.39 is 0 Å². The first-order valence-electron chi connectivity index (χ1n) is 5.66. The average molecular weight is 314 g/mol. The van der Waals surface area contributed by atoms with E-state index in [9.17, 15) is 4.79 Å². The highest BCUT2D eigenvalue weighted by Crippen LogP contribution is 2.26. The van der Waals surface area contributed by atoms with Crippen molar-refractivity contribution in [3.8, 4) is 0 Å². The van der Waals surface area contributed by atoms with Crippen molar-refractivity contribution in [1.82, 2.24) is 0 Å².